The first-order valence-electron chi connectivity index (χ1n) is 5.93. The van der Waals surface area contributed by atoms with Crippen LogP contribution in [0.25, 0.3) is 0 Å². The van der Waals surface area contributed by atoms with Crippen molar-refractivity contribution in [3.05, 3.63) is 23.8 Å². The Morgan fingerprint density at radius 2 is 2.00 bits per heavy atom. The number of hydrogen-bond acceptors (Lipinski definition) is 3. The number of nitrogens with zero attached hydrogens (tertiary/aromatic N) is 2. The molecule has 108 valence electrons. The molecule has 7 heteroatoms. The van der Waals surface area contributed by atoms with Crippen LogP contribution in [0.3, 0.4) is 0 Å². The summed E-state index contributed by atoms with van der Waals surface area (Å²) >= 11 is 0. The van der Waals surface area contributed by atoms with Crippen molar-refractivity contribution in [3.63, 3.8) is 0 Å². The zero-order valence-electron chi connectivity index (χ0n) is 11.3. The molecule has 1 aliphatic rings. The van der Waals surface area contributed by atoms with Crippen LogP contribution in [-0.4, -0.2) is 30.6 Å². The number of halogens is 3. The van der Waals surface area contributed by atoms with Crippen molar-refractivity contribution >= 4 is 25.0 Å². The number of hydrazone groups is 1. The van der Waals surface area contributed by atoms with Crippen LogP contribution >= 0.6 is 8.20 Å². The first-order chi connectivity index (χ1) is 9.32. The monoisotopic (exact) mass is 302 g/mol. The van der Waals surface area contributed by atoms with Gasteiger partial charge < -0.3 is 4.74 Å². The van der Waals surface area contributed by atoms with Gasteiger partial charge >= 0.3 is 6.18 Å². The van der Waals surface area contributed by atoms with E-state index in [-0.39, 0.29) is 8.20 Å². The highest BCUT2D eigenvalue weighted by atomic mass is 31.1. The average Bonchev–Trinajstić information content (AvgIpc) is 2.37. The van der Waals surface area contributed by atoms with E-state index in [9.17, 15) is 13.2 Å². The Morgan fingerprint density at radius 3 is 2.55 bits per heavy atom. The molecule has 20 heavy (non-hydrogen) atoms. The van der Waals surface area contributed by atoms with Crippen molar-refractivity contribution in [1.82, 2.24) is 0 Å². The number of ether oxygens (including phenoxy) is 1. The van der Waals surface area contributed by atoms with Gasteiger partial charge in [-0.2, -0.15) is 18.3 Å². The normalized spacial score (nSPS) is 16.6. The fourth-order valence-electron chi connectivity index (χ4n) is 1.89. The van der Waals surface area contributed by atoms with Gasteiger partial charge in [-0.1, -0.05) is 8.20 Å². The lowest BCUT2D eigenvalue weighted by Crippen LogP contribution is -2.39. The van der Waals surface area contributed by atoms with E-state index in [1.165, 1.54) is 7.11 Å². The molecule has 0 aliphatic carbocycles. The Balaban J connectivity index is 2.45. The molecule has 0 amide bonds. The van der Waals surface area contributed by atoms with Crippen LogP contribution in [0.1, 0.15) is 12.5 Å². The molecule has 1 aromatic carbocycles. The molecule has 0 N–H and O–H groups in total. The van der Waals surface area contributed by atoms with Crippen molar-refractivity contribution in [2.45, 2.75) is 20.0 Å². The highest BCUT2D eigenvalue weighted by Gasteiger charge is 2.40. The quantitative estimate of drug-likeness (QED) is 0.775. The second-order valence-corrected chi connectivity index (χ2v) is 5.49. The molecule has 2 rings (SSSR count). The van der Waals surface area contributed by atoms with Crippen molar-refractivity contribution in [2.24, 2.45) is 5.10 Å². The van der Waals surface area contributed by atoms with Crippen molar-refractivity contribution < 1.29 is 17.9 Å². The van der Waals surface area contributed by atoms with Crippen LogP contribution in [-0.2, 0) is 0 Å². The lowest BCUT2D eigenvalue weighted by atomic mass is 10.2. The molecule has 0 bridgehead atoms. The van der Waals surface area contributed by atoms with Crippen LogP contribution in [0, 0.1) is 6.92 Å². The minimum absolute atomic E-state index is 0.216. The Kier molecular flexibility index (Phi) is 4.04. The predicted octanol–water partition coefficient (Wildman–Crippen LogP) is 3.84. The minimum atomic E-state index is -4.39. The molecular formula is C13H14F3N2OP. The van der Waals surface area contributed by atoms with Crippen molar-refractivity contribution in [1.29, 1.82) is 0 Å². The summed E-state index contributed by atoms with van der Waals surface area (Å²) < 4.78 is 44.3. The number of anilines is 1. The van der Waals surface area contributed by atoms with Gasteiger partial charge in [0.2, 0.25) is 0 Å². The summed E-state index contributed by atoms with van der Waals surface area (Å²) in [5.74, 6) is 0.637. The average molecular weight is 302 g/mol. The summed E-state index contributed by atoms with van der Waals surface area (Å²) in [7, 11) is 1.74. The lowest BCUT2D eigenvalue weighted by Gasteiger charge is -2.27. The molecule has 0 saturated carbocycles. The van der Waals surface area contributed by atoms with Crippen LogP contribution in [0.5, 0.6) is 5.75 Å². The van der Waals surface area contributed by atoms with Crippen LogP contribution in [0.15, 0.2) is 23.3 Å². The summed E-state index contributed by atoms with van der Waals surface area (Å²) in [5, 5.41) is 5.02. The van der Waals surface area contributed by atoms with E-state index >= 15 is 0 Å². The third-order valence-corrected chi connectivity index (χ3v) is 4.16. The molecule has 0 atom stereocenters. The van der Waals surface area contributed by atoms with Crippen LogP contribution in [0.2, 0.25) is 0 Å². The zero-order chi connectivity index (χ0) is 14.9. The Labute approximate surface area is 116 Å². The van der Waals surface area contributed by atoms with E-state index < -0.39 is 11.6 Å². The third kappa shape index (κ3) is 2.96. The van der Waals surface area contributed by atoms with Crippen LogP contribution < -0.4 is 9.75 Å². The van der Waals surface area contributed by atoms with E-state index in [2.05, 4.69) is 5.10 Å². The molecule has 0 spiro atoms. The van der Waals surface area contributed by atoms with Gasteiger partial charge in [-0.25, -0.2) is 5.01 Å². The second-order valence-electron chi connectivity index (χ2n) is 4.44. The molecule has 0 unspecified atom stereocenters. The summed E-state index contributed by atoms with van der Waals surface area (Å²) in [5.41, 5.74) is 1.17. The molecule has 1 aliphatic heterocycles. The van der Waals surface area contributed by atoms with Crippen molar-refractivity contribution in [2.75, 3.05) is 18.3 Å². The van der Waals surface area contributed by atoms with Gasteiger partial charge in [-0.05, 0) is 37.6 Å². The smallest absolute Gasteiger partial charge is 0.437 e. The third-order valence-electron chi connectivity index (χ3n) is 2.81. The number of hydrogen-bond donors (Lipinski definition) is 0. The fraction of sp³-hybridized carbons (Fsp3) is 0.385. The maximum atomic E-state index is 13.1. The number of rotatable bonds is 2. The maximum absolute atomic E-state index is 13.1. The predicted molar refractivity (Wildman–Crippen MR) is 76.2 cm³/mol. The summed E-state index contributed by atoms with van der Waals surface area (Å²) in [4.78, 5) is 0. The van der Waals surface area contributed by atoms with Crippen LogP contribution in [0.4, 0.5) is 18.9 Å². The number of aryl methyl sites for hydroxylation is 1. The maximum Gasteiger partial charge on any atom is 0.437 e. The zero-order valence-corrected chi connectivity index (χ0v) is 12.2. The van der Waals surface area contributed by atoms with E-state index in [4.69, 9.17) is 4.74 Å². The largest absolute Gasteiger partial charge is 0.496 e. The van der Waals surface area contributed by atoms with Gasteiger partial charge in [0.25, 0.3) is 0 Å². The Morgan fingerprint density at radius 1 is 1.30 bits per heavy atom. The molecule has 1 heterocycles. The summed E-state index contributed by atoms with van der Waals surface area (Å²) in [6.45, 7) is 3.51. The first kappa shape index (κ1) is 14.9. The van der Waals surface area contributed by atoms with E-state index in [0.29, 0.717) is 23.3 Å². The summed E-state index contributed by atoms with van der Waals surface area (Å²) in [6, 6.07) is 4.87. The SMILES string of the molecule is COc1ccc(N2N=C(C)CP=C2C(F)(F)F)cc1C. The van der Waals surface area contributed by atoms with Gasteiger partial charge in [0, 0.05) is 11.9 Å². The second kappa shape index (κ2) is 5.44. The number of alkyl halides is 3. The van der Waals surface area contributed by atoms with Gasteiger partial charge in [-0.15, -0.1) is 0 Å². The molecule has 0 fully saturated rings. The fourth-order valence-corrected chi connectivity index (χ4v) is 2.81. The van der Waals surface area contributed by atoms with Crippen molar-refractivity contribution in [3.8, 4) is 5.75 Å². The lowest BCUT2D eigenvalue weighted by molar-refractivity contribution is -0.0578. The number of methoxy groups -OCH3 is 1. The van der Waals surface area contributed by atoms with E-state index in [1.807, 2.05) is 0 Å². The molecule has 0 aromatic heterocycles. The Bertz CT molecular complexity index is 581. The standard InChI is InChI=1S/C13H14F3N2OP/c1-8-6-10(4-5-11(8)19-3)18-12(13(14,15)16)20-7-9(2)17-18/h4-6H,7H2,1-3H3. The molecule has 0 saturated heterocycles. The highest BCUT2D eigenvalue weighted by molar-refractivity contribution is 7.42. The molecular weight excluding hydrogens is 288 g/mol. The van der Waals surface area contributed by atoms with E-state index in [1.54, 1.807) is 32.0 Å². The topological polar surface area (TPSA) is 24.8 Å². The highest BCUT2D eigenvalue weighted by Crippen LogP contribution is 2.33. The van der Waals surface area contributed by atoms with Gasteiger partial charge in [0.05, 0.1) is 12.8 Å². The minimum Gasteiger partial charge on any atom is -0.496 e. The van der Waals surface area contributed by atoms with E-state index in [0.717, 1.165) is 10.6 Å². The first-order valence-corrected chi connectivity index (χ1v) is 7.01. The van der Waals surface area contributed by atoms with Gasteiger partial charge in [0.15, 0.2) is 5.42 Å². The number of benzene rings is 1. The Hall–Kier alpha value is -1.55. The van der Waals surface area contributed by atoms with Gasteiger partial charge in [-0.3, -0.25) is 0 Å². The van der Waals surface area contributed by atoms with Gasteiger partial charge in [0.1, 0.15) is 5.75 Å². The molecule has 3 nitrogen and oxygen atoms in total. The summed E-state index contributed by atoms with van der Waals surface area (Å²) in [6.07, 6.45) is -4.08. The molecule has 0 radical (unpaired) electrons. The molecule has 1 aromatic rings.